The first-order chi connectivity index (χ1) is 8.65. The van der Waals surface area contributed by atoms with Crippen molar-refractivity contribution in [2.75, 3.05) is 6.54 Å². The highest BCUT2D eigenvalue weighted by Gasteiger charge is 2.24. The summed E-state index contributed by atoms with van der Waals surface area (Å²) in [6.07, 6.45) is 0. The molecule has 19 heavy (non-hydrogen) atoms. The van der Waals surface area contributed by atoms with Gasteiger partial charge in [-0.05, 0) is 39.0 Å². The summed E-state index contributed by atoms with van der Waals surface area (Å²) in [7, 11) is -3.64. The summed E-state index contributed by atoms with van der Waals surface area (Å²) in [5.41, 5.74) is 5.33. The third kappa shape index (κ3) is 4.84. The van der Waals surface area contributed by atoms with Crippen LogP contribution in [0, 0.1) is 11.8 Å². The van der Waals surface area contributed by atoms with E-state index in [0.717, 1.165) is 0 Å². The van der Waals surface area contributed by atoms with Crippen molar-refractivity contribution in [2.45, 2.75) is 31.2 Å². The molecule has 0 radical (unpaired) electrons. The van der Waals surface area contributed by atoms with Crippen molar-refractivity contribution in [3.05, 3.63) is 28.8 Å². The van der Waals surface area contributed by atoms with Gasteiger partial charge in [0.05, 0.1) is 11.6 Å². The van der Waals surface area contributed by atoms with Crippen LogP contribution in [-0.4, -0.2) is 20.5 Å². The second kappa shape index (κ2) is 5.93. The predicted octanol–water partition coefficient (Wildman–Crippen LogP) is 1.73. The summed E-state index contributed by atoms with van der Waals surface area (Å²) in [6.45, 7) is 5.53. The Morgan fingerprint density at radius 1 is 1.37 bits per heavy atom. The van der Waals surface area contributed by atoms with Crippen LogP contribution < -0.4 is 10.5 Å². The number of benzene rings is 1. The largest absolute Gasteiger partial charge is 0.320 e. The van der Waals surface area contributed by atoms with E-state index in [1.54, 1.807) is 26.8 Å². The van der Waals surface area contributed by atoms with Crippen molar-refractivity contribution in [1.82, 2.24) is 4.72 Å². The molecule has 0 aliphatic heterocycles. The van der Waals surface area contributed by atoms with Gasteiger partial charge in [0.25, 0.3) is 0 Å². The lowest BCUT2D eigenvalue weighted by molar-refractivity contribution is 0.491. The minimum atomic E-state index is -3.64. The summed E-state index contributed by atoms with van der Waals surface area (Å²) >= 11 is 6.00. The smallest absolute Gasteiger partial charge is 0.242 e. The standard InChI is InChI=1S/C13H17ClN2O2S/c1-13(2,3)16-19(17,18)12-7-6-10(5-4-8-15)9-11(12)14/h6-7,9,16H,8,15H2,1-3H3. The number of nitrogens with two attached hydrogens (primary N) is 1. The van der Waals surface area contributed by atoms with Gasteiger partial charge in [0, 0.05) is 11.1 Å². The molecule has 0 bridgehead atoms. The highest BCUT2D eigenvalue weighted by atomic mass is 35.5. The molecule has 1 aromatic rings. The maximum atomic E-state index is 12.1. The van der Waals surface area contributed by atoms with Crippen LogP contribution in [-0.2, 0) is 10.0 Å². The topological polar surface area (TPSA) is 72.2 Å². The fourth-order valence-electron chi connectivity index (χ4n) is 1.41. The van der Waals surface area contributed by atoms with Gasteiger partial charge in [-0.1, -0.05) is 23.4 Å². The Morgan fingerprint density at radius 3 is 2.47 bits per heavy atom. The Morgan fingerprint density at radius 2 is 2.00 bits per heavy atom. The molecule has 0 aromatic heterocycles. The Labute approximate surface area is 119 Å². The van der Waals surface area contributed by atoms with E-state index in [4.69, 9.17) is 17.3 Å². The summed E-state index contributed by atoms with van der Waals surface area (Å²) in [4.78, 5) is 0.0439. The van der Waals surface area contributed by atoms with E-state index in [1.807, 2.05) is 0 Å². The summed E-state index contributed by atoms with van der Waals surface area (Å²) in [5, 5.41) is 0.139. The van der Waals surface area contributed by atoms with Gasteiger partial charge in [0.15, 0.2) is 0 Å². The number of rotatable bonds is 2. The quantitative estimate of drug-likeness (QED) is 0.817. The zero-order valence-electron chi connectivity index (χ0n) is 11.1. The fraction of sp³-hybridized carbons (Fsp3) is 0.385. The van der Waals surface area contributed by atoms with Gasteiger partial charge in [0.2, 0.25) is 10.0 Å². The molecule has 0 spiro atoms. The van der Waals surface area contributed by atoms with Crippen LogP contribution >= 0.6 is 11.6 Å². The number of halogens is 1. The number of hydrogen-bond donors (Lipinski definition) is 2. The van der Waals surface area contributed by atoms with Crippen molar-refractivity contribution in [1.29, 1.82) is 0 Å². The highest BCUT2D eigenvalue weighted by molar-refractivity contribution is 7.89. The third-order valence-electron chi connectivity index (χ3n) is 2.00. The predicted molar refractivity (Wildman–Crippen MR) is 77.5 cm³/mol. The van der Waals surface area contributed by atoms with Crippen molar-refractivity contribution in [3.8, 4) is 11.8 Å². The molecule has 0 amide bonds. The molecule has 0 unspecified atom stereocenters. The van der Waals surface area contributed by atoms with Crippen LogP contribution in [0.15, 0.2) is 23.1 Å². The van der Waals surface area contributed by atoms with Gasteiger partial charge in [0.1, 0.15) is 4.90 Å². The lowest BCUT2D eigenvalue weighted by Gasteiger charge is -2.20. The number of sulfonamides is 1. The molecule has 3 N–H and O–H groups in total. The van der Waals surface area contributed by atoms with Crippen LogP contribution in [0.1, 0.15) is 26.3 Å². The van der Waals surface area contributed by atoms with Crippen LogP contribution in [0.25, 0.3) is 0 Å². The van der Waals surface area contributed by atoms with Gasteiger partial charge in [-0.3, -0.25) is 0 Å². The molecule has 0 aliphatic carbocycles. The summed E-state index contributed by atoms with van der Waals surface area (Å²) in [6, 6.07) is 4.56. The summed E-state index contributed by atoms with van der Waals surface area (Å²) < 4.78 is 26.8. The van der Waals surface area contributed by atoms with E-state index in [9.17, 15) is 8.42 Å². The van der Waals surface area contributed by atoms with Crippen molar-refractivity contribution in [2.24, 2.45) is 5.73 Å². The van der Waals surface area contributed by atoms with Crippen LogP contribution in [0.5, 0.6) is 0 Å². The van der Waals surface area contributed by atoms with Gasteiger partial charge in [-0.25, -0.2) is 13.1 Å². The molecule has 104 valence electrons. The van der Waals surface area contributed by atoms with E-state index < -0.39 is 15.6 Å². The molecule has 0 heterocycles. The average Bonchev–Trinajstić information content (AvgIpc) is 2.22. The molecule has 0 atom stereocenters. The average molecular weight is 301 g/mol. The number of nitrogens with one attached hydrogen (secondary N) is 1. The molecule has 1 aromatic carbocycles. The van der Waals surface area contributed by atoms with Gasteiger partial charge < -0.3 is 5.73 Å². The second-order valence-electron chi connectivity index (χ2n) is 5.01. The third-order valence-corrected chi connectivity index (χ3v) is 4.24. The van der Waals surface area contributed by atoms with Gasteiger partial charge in [-0.15, -0.1) is 0 Å². The number of hydrogen-bond acceptors (Lipinski definition) is 3. The van der Waals surface area contributed by atoms with Gasteiger partial charge >= 0.3 is 0 Å². The minimum Gasteiger partial charge on any atom is -0.320 e. The molecule has 6 heteroatoms. The Kier molecular flexibility index (Phi) is 4.99. The normalized spacial score (nSPS) is 11.8. The zero-order valence-corrected chi connectivity index (χ0v) is 12.7. The van der Waals surface area contributed by atoms with Gasteiger partial charge in [-0.2, -0.15) is 0 Å². The Bertz CT molecular complexity index is 622. The maximum absolute atomic E-state index is 12.1. The fourth-order valence-corrected chi connectivity index (χ4v) is 3.37. The SMILES string of the molecule is CC(C)(C)NS(=O)(=O)c1ccc(C#CCN)cc1Cl. The van der Waals surface area contributed by atoms with Crippen LogP contribution in [0.2, 0.25) is 5.02 Å². The molecular weight excluding hydrogens is 284 g/mol. The second-order valence-corrected chi connectivity index (χ2v) is 7.06. The van der Waals surface area contributed by atoms with Crippen LogP contribution in [0.3, 0.4) is 0 Å². The maximum Gasteiger partial charge on any atom is 0.242 e. The first kappa shape index (κ1) is 16.0. The Hall–Kier alpha value is -1.06. The van der Waals surface area contributed by atoms with E-state index in [2.05, 4.69) is 16.6 Å². The molecule has 1 rings (SSSR count). The van der Waals surface area contributed by atoms with Crippen molar-refractivity contribution >= 4 is 21.6 Å². The van der Waals surface area contributed by atoms with Crippen LogP contribution in [0.4, 0.5) is 0 Å². The lowest BCUT2D eigenvalue weighted by atomic mass is 10.1. The Balaban J connectivity index is 3.16. The van der Waals surface area contributed by atoms with E-state index >= 15 is 0 Å². The summed E-state index contributed by atoms with van der Waals surface area (Å²) in [5.74, 6) is 5.48. The molecule has 4 nitrogen and oxygen atoms in total. The highest BCUT2D eigenvalue weighted by Crippen LogP contribution is 2.23. The van der Waals surface area contributed by atoms with E-state index in [1.165, 1.54) is 12.1 Å². The molecular formula is C13H17ClN2O2S. The molecule has 0 saturated carbocycles. The lowest BCUT2D eigenvalue weighted by Crippen LogP contribution is -2.40. The molecule has 0 fully saturated rings. The monoisotopic (exact) mass is 300 g/mol. The molecule has 0 saturated heterocycles. The minimum absolute atomic E-state index is 0.0439. The van der Waals surface area contributed by atoms with E-state index in [0.29, 0.717) is 5.56 Å². The zero-order chi connectivity index (χ0) is 14.7. The first-order valence-electron chi connectivity index (χ1n) is 5.68. The first-order valence-corrected chi connectivity index (χ1v) is 7.54. The molecule has 0 aliphatic rings. The van der Waals surface area contributed by atoms with Crippen molar-refractivity contribution < 1.29 is 8.42 Å². The van der Waals surface area contributed by atoms with E-state index in [-0.39, 0.29) is 16.5 Å². The van der Waals surface area contributed by atoms with Crippen molar-refractivity contribution in [3.63, 3.8) is 0 Å².